The van der Waals surface area contributed by atoms with Crippen molar-refractivity contribution in [2.75, 3.05) is 25.6 Å². The standard InChI is InChI=1S/C34H31BrN4O5/c1-4-43-31-21-24(12-19-30(31)44-34(42)26-13-15-27(35)16-14-26)22-36-38-33(41)29(37-32(40)25-8-6-5-7-9-25)20-23-10-17-28(18-11-23)39(2)3/h5-22H,4H2,1-3H3,(H,37,40)(H,38,41)/b29-20+,36-22+. The van der Waals surface area contributed by atoms with Crippen LogP contribution in [0, 0.1) is 0 Å². The average molecular weight is 656 g/mol. The molecule has 0 aliphatic carbocycles. The zero-order chi connectivity index (χ0) is 31.5. The van der Waals surface area contributed by atoms with Crippen LogP contribution < -0.4 is 25.1 Å². The number of carbonyl (C=O) groups is 3. The summed E-state index contributed by atoms with van der Waals surface area (Å²) < 4.78 is 12.1. The molecule has 0 bridgehead atoms. The van der Waals surface area contributed by atoms with Gasteiger partial charge in [0.15, 0.2) is 11.5 Å². The SMILES string of the molecule is CCOc1cc(/C=N/NC(=O)/C(=C\c2ccc(N(C)C)cc2)NC(=O)c2ccccc2)ccc1OC(=O)c1ccc(Br)cc1. The number of hydrogen-bond acceptors (Lipinski definition) is 7. The molecule has 0 saturated carbocycles. The lowest BCUT2D eigenvalue weighted by atomic mass is 10.1. The van der Waals surface area contributed by atoms with Crippen LogP contribution in [-0.2, 0) is 4.79 Å². The van der Waals surface area contributed by atoms with Crippen LogP contribution in [0.15, 0.2) is 112 Å². The zero-order valence-electron chi connectivity index (χ0n) is 24.4. The van der Waals surface area contributed by atoms with Crippen molar-refractivity contribution in [1.82, 2.24) is 10.7 Å². The Bertz CT molecular complexity index is 1670. The van der Waals surface area contributed by atoms with E-state index in [2.05, 4.69) is 31.8 Å². The molecule has 2 N–H and O–H groups in total. The maximum atomic E-state index is 13.2. The van der Waals surface area contributed by atoms with Crippen molar-refractivity contribution >= 4 is 51.7 Å². The third-order valence-corrected chi connectivity index (χ3v) is 6.71. The van der Waals surface area contributed by atoms with Gasteiger partial charge >= 0.3 is 5.97 Å². The molecule has 0 heterocycles. The first kappa shape index (κ1) is 31.7. The third kappa shape index (κ3) is 8.89. The van der Waals surface area contributed by atoms with Gasteiger partial charge in [-0.25, -0.2) is 10.2 Å². The molecule has 4 aromatic carbocycles. The summed E-state index contributed by atoms with van der Waals surface area (Å²) >= 11 is 3.35. The predicted octanol–water partition coefficient (Wildman–Crippen LogP) is 6.05. The Labute approximate surface area is 264 Å². The molecule has 0 spiro atoms. The van der Waals surface area contributed by atoms with Crippen LogP contribution >= 0.6 is 15.9 Å². The van der Waals surface area contributed by atoms with Gasteiger partial charge in [-0.15, -0.1) is 0 Å². The van der Waals surface area contributed by atoms with Crippen LogP contribution in [0.2, 0.25) is 0 Å². The third-order valence-electron chi connectivity index (χ3n) is 6.18. The molecule has 10 heteroatoms. The van der Waals surface area contributed by atoms with Crippen molar-refractivity contribution in [3.05, 3.63) is 129 Å². The molecule has 44 heavy (non-hydrogen) atoms. The lowest BCUT2D eigenvalue weighted by molar-refractivity contribution is -0.117. The van der Waals surface area contributed by atoms with E-state index in [1.165, 1.54) is 6.21 Å². The summed E-state index contributed by atoms with van der Waals surface area (Å²) in [5.74, 6) is -0.997. The van der Waals surface area contributed by atoms with Gasteiger partial charge in [0, 0.05) is 29.8 Å². The van der Waals surface area contributed by atoms with Gasteiger partial charge in [-0.1, -0.05) is 46.3 Å². The molecule has 0 aliphatic heterocycles. The highest BCUT2D eigenvalue weighted by Gasteiger charge is 2.16. The first-order valence-electron chi connectivity index (χ1n) is 13.7. The molecule has 0 atom stereocenters. The fourth-order valence-electron chi connectivity index (χ4n) is 3.91. The second-order valence-corrected chi connectivity index (χ2v) is 10.5. The van der Waals surface area contributed by atoms with Crippen LogP contribution in [0.1, 0.15) is 38.8 Å². The minimum absolute atomic E-state index is 0.0128. The highest BCUT2D eigenvalue weighted by molar-refractivity contribution is 9.10. The van der Waals surface area contributed by atoms with E-state index in [1.54, 1.807) is 78.9 Å². The number of benzene rings is 4. The summed E-state index contributed by atoms with van der Waals surface area (Å²) in [5, 5.41) is 6.77. The van der Waals surface area contributed by atoms with Crippen molar-refractivity contribution in [3.8, 4) is 11.5 Å². The molecule has 9 nitrogen and oxygen atoms in total. The molecule has 2 amide bonds. The highest BCUT2D eigenvalue weighted by atomic mass is 79.9. The van der Waals surface area contributed by atoms with Crippen LogP contribution in [-0.4, -0.2) is 44.7 Å². The van der Waals surface area contributed by atoms with Gasteiger partial charge in [0.25, 0.3) is 11.8 Å². The monoisotopic (exact) mass is 654 g/mol. The fourth-order valence-corrected chi connectivity index (χ4v) is 4.17. The number of carbonyl (C=O) groups excluding carboxylic acids is 3. The molecule has 4 aromatic rings. The maximum Gasteiger partial charge on any atom is 0.343 e. The van der Waals surface area contributed by atoms with E-state index in [4.69, 9.17) is 9.47 Å². The van der Waals surface area contributed by atoms with Crippen LogP contribution in [0.4, 0.5) is 5.69 Å². The van der Waals surface area contributed by atoms with E-state index < -0.39 is 17.8 Å². The number of rotatable bonds is 11. The van der Waals surface area contributed by atoms with Crippen molar-refractivity contribution in [2.24, 2.45) is 5.10 Å². The fraction of sp³-hybridized carbons (Fsp3) is 0.118. The van der Waals surface area contributed by atoms with Gasteiger partial charge in [-0.2, -0.15) is 5.10 Å². The van der Waals surface area contributed by atoms with E-state index in [9.17, 15) is 14.4 Å². The summed E-state index contributed by atoms with van der Waals surface area (Å²) in [6.07, 6.45) is 3.00. The number of ether oxygens (including phenoxy) is 2. The van der Waals surface area contributed by atoms with Crippen molar-refractivity contribution in [1.29, 1.82) is 0 Å². The van der Waals surface area contributed by atoms with Crippen molar-refractivity contribution in [2.45, 2.75) is 6.92 Å². The Morgan fingerprint density at radius 2 is 1.52 bits per heavy atom. The normalized spacial score (nSPS) is 11.1. The molecule has 4 rings (SSSR count). The summed E-state index contributed by atoms with van der Waals surface area (Å²) in [5.41, 5.74) is 5.57. The number of halogens is 1. The van der Waals surface area contributed by atoms with E-state index >= 15 is 0 Å². The molecular weight excluding hydrogens is 624 g/mol. The average Bonchev–Trinajstić information content (AvgIpc) is 3.03. The summed E-state index contributed by atoms with van der Waals surface area (Å²) in [6, 6.07) is 27.8. The van der Waals surface area contributed by atoms with E-state index in [-0.39, 0.29) is 11.4 Å². The Kier molecular flexibility index (Phi) is 11.0. The first-order valence-corrected chi connectivity index (χ1v) is 14.5. The number of nitrogens with one attached hydrogen (secondary N) is 2. The van der Waals surface area contributed by atoms with Crippen molar-refractivity contribution < 1.29 is 23.9 Å². The largest absolute Gasteiger partial charge is 0.490 e. The Balaban J connectivity index is 1.50. The lowest BCUT2D eigenvalue weighted by Crippen LogP contribution is -2.32. The maximum absolute atomic E-state index is 13.2. The summed E-state index contributed by atoms with van der Waals surface area (Å²) in [4.78, 5) is 40.6. The molecular formula is C34H31BrN4O5. The molecule has 0 saturated heterocycles. The van der Waals surface area contributed by atoms with Crippen LogP contribution in [0.3, 0.4) is 0 Å². The molecule has 0 aliphatic rings. The van der Waals surface area contributed by atoms with Gasteiger partial charge in [-0.05, 0) is 90.9 Å². The topological polar surface area (TPSA) is 109 Å². The molecule has 0 unspecified atom stereocenters. The Hall–Kier alpha value is -5.22. The van der Waals surface area contributed by atoms with Crippen molar-refractivity contribution in [3.63, 3.8) is 0 Å². The number of esters is 1. The lowest BCUT2D eigenvalue weighted by Gasteiger charge is -2.13. The minimum Gasteiger partial charge on any atom is -0.490 e. The second-order valence-electron chi connectivity index (χ2n) is 9.60. The van der Waals surface area contributed by atoms with Crippen LogP contribution in [0.5, 0.6) is 11.5 Å². The molecule has 0 fully saturated rings. The van der Waals surface area contributed by atoms with E-state index in [0.29, 0.717) is 34.6 Å². The Morgan fingerprint density at radius 3 is 2.18 bits per heavy atom. The quantitative estimate of drug-likeness (QED) is 0.0670. The number of nitrogens with zero attached hydrogens (tertiary/aromatic N) is 2. The van der Waals surface area contributed by atoms with Gasteiger partial charge in [0.05, 0.1) is 18.4 Å². The van der Waals surface area contributed by atoms with E-state index in [1.807, 2.05) is 50.2 Å². The van der Waals surface area contributed by atoms with Gasteiger partial charge in [-0.3, -0.25) is 9.59 Å². The predicted molar refractivity (Wildman–Crippen MR) is 175 cm³/mol. The highest BCUT2D eigenvalue weighted by Crippen LogP contribution is 2.29. The minimum atomic E-state index is -0.618. The number of hydrogen-bond donors (Lipinski definition) is 2. The number of anilines is 1. The second kappa shape index (κ2) is 15.3. The van der Waals surface area contributed by atoms with Gasteiger partial charge in [0.2, 0.25) is 0 Å². The molecule has 224 valence electrons. The summed E-state index contributed by atoms with van der Waals surface area (Å²) in [7, 11) is 3.87. The van der Waals surface area contributed by atoms with Crippen LogP contribution in [0.25, 0.3) is 6.08 Å². The summed E-state index contributed by atoms with van der Waals surface area (Å²) in [6.45, 7) is 2.15. The molecule has 0 aromatic heterocycles. The number of amides is 2. The van der Waals surface area contributed by atoms with Gasteiger partial charge in [0.1, 0.15) is 5.70 Å². The number of hydrazone groups is 1. The smallest absolute Gasteiger partial charge is 0.343 e. The zero-order valence-corrected chi connectivity index (χ0v) is 26.0. The Morgan fingerprint density at radius 1 is 0.841 bits per heavy atom. The van der Waals surface area contributed by atoms with E-state index in [0.717, 1.165) is 10.2 Å². The first-order chi connectivity index (χ1) is 21.2. The molecule has 0 radical (unpaired) electrons. The van der Waals surface area contributed by atoms with Gasteiger partial charge < -0.3 is 19.7 Å².